The van der Waals surface area contributed by atoms with Gasteiger partial charge in [0.1, 0.15) is 0 Å². The fourth-order valence-electron chi connectivity index (χ4n) is 2.51. The maximum absolute atomic E-state index is 8.06. The van der Waals surface area contributed by atoms with Crippen molar-refractivity contribution in [2.24, 2.45) is 0 Å². The predicted octanol–water partition coefficient (Wildman–Crippen LogP) is 27.0. The van der Waals surface area contributed by atoms with E-state index < -0.39 is 0 Å². The van der Waals surface area contributed by atoms with E-state index in [0.717, 1.165) is 0 Å². The molecule has 0 bridgehead atoms. The molecule has 2 nitrogen and oxygen atoms in total. The molecule has 0 atom stereocenters. The van der Waals surface area contributed by atoms with Crippen molar-refractivity contribution in [3.63, 3.8) is 0 Å². The van der Waals surface area contributed by atoms with Crippen LogP contribution in [0.15, 0.2) is 140 Å². The fraction of sp³-hybridized carbons (Fsp3) is 0.609. The Morgan fingerprint density at radius 3 is 0.514 bits per heavy atom. The Morgan fingerprint density at radius 2 is 0.431 bits per heavy atom. The quantitative estimate of drug-likeness (QED) is 0.157. The summed E-state index contributed by atoms with van der Waals surface area (Å²) in [6.07, 6.45) is 4.58. The molecule has 0 unspecified atom stereocenters. The second-order valence-corrected chi connectivity index (χ2v) is 8.48. The number of rotatable bonds is 0. The Labute approximate surface area is 468 Å². The molecule has 4 aromatic carbocycles. The minimum absolute atomic E-state index is 0. The standard InChI is InChI=1S/C10H8.2C7H8.C5H5N.C3H8O.C3H8.16C2H6.2CH4.B/c1-2-6-10-8-4-3-7-9(10)5-1;2*1-7-5-3-2-4-6-7;1-2-4-6-5-3-1;1-3(2)4;1-3-2;16*1-2;;;/h1-8H;2*2-6H,1H3;1-5H;3-4H,1-2H3;3H2,1-2H3;16*1-2H3;2*1H4;. The largest absolute Gasteiger partial charge is 0.394 e. The van der Waals surface area contributed by atoms with Gasteiger partial charge in [0, 0.05) is 26.9 Å². The van der Waals surface area contributed by atoms with Crippen LogP contribution >= 0.6 is 0 Å². The molecular formula is C69H149BNO. The van der Waals surface area contributed by atoms with Gasteiger partial charge in [0.25, 0.3) is 0 Å². The Kier molecular flexibility index (Phi) is 413. The summed E-state index contributed by atoms with van der Waals surface area (Å²) in [5.74, 6) is 0. The van der Waals surface area contributed by atoms with E-state index in [-0.39, 0.29) is 29.4 Å². The van der Waals surface area contributed by atoms with E-state index in [4.69, 9.17) is 5.11 Å². The summed E-state index contributed by atoms with van der Waals surface area (Å²) >= 11 is 0. The van der Waals surface area contributed by atoms with Gasteiger partial charge in [-0.05, 0) is 50.6 Å². The van der Waals surface area contributed by atoms with Crippen LogP contribution in [0.25, 0.3) is 10.8 Å². The highest BCUT2D eigenvalue weighted by Gasteiger charge is 1.85. The van der Waals surface area contributed by atoms with Gasteiger partial charge in [0.2, 0.25) is 0 Å². The Hall–Kier alpha value is -3.69. The summed E-state index contributed by atoms with van der Waals surface area (Å²) in [5.41, 5.74) is 2.64. The fourth-order valence-corrected chi connectivity index (χ4v) is 2.51. The molecule has 0 saturated heterocycles. The highest BCUT2D eigenvalue weighted by atomic mass is 16.3. The highest BCUT2D eigenvalue weighted by molar-refractivity contribution is 5.82. The minimum atomic E-state index is -0.167. The zero-order chi connectivity index (χ0) is 59.6. The zero-order valence-corrected chi connectivity index (χ0v) is 56.0. The van der Waals surface area contributed by atoms with Gasteiger partial charge in [-0.15, -0.1) is 0 Å². The number of pyridine rings is 1. The van der Waals surface area contributed by atoms with Crippen LogP contribution in [0.5, 0.6) is 0 Å². The van der Waals surface area contributed by atoms with Crippen LogP contribution in [0.3, 0.4) is 0 Å². The van der Waals surface area contributed by atoms with Gasteiger partial charge in [-0.1, -0.05) is 383 Å². The van der Waals surface area contributed by atoms with Crippen molar-refractivity contribution < 1.29 is 5.11 Å². The van der Waals surface area contributed by atoms with Crippen molar-refractivity contribution >= 4 is 19.2 Å². The highest BCUT2D eigenvalue weighted by Crippen LogP contribution is 2.11. The molecular weight excluding hydrogens is 870 g/mol. The molecule has 0 saturated carbocycles. The average molecular weight is 1020 g/mol. The number of aliphatic hydroxyl groups is 1. The first kappa shape index (κ1) is 133. The van der Waals surface area contributed by atoms with Crippen molar-refractivity contribution in [2.75, 3.05) is 0 Å². The van der Waals surface area contributed by atoms with E-state index in [2.05, 4.69) is 105 Å². The summed E-state index contributed by atoms with van der Waals surface area (Å²) < 4.78 is 0. The predicted molar refractivity (Wildman–Crippen MR) is 365 cm³/mol. The van der Waals surface area contributed by atoms with Crippen molar-refractivity contribution in [1.29, 1.82) is 0 Å². The number of fused-ring (bicyclic) bond motifs is 1. The van der Waals surface area contributed by atoms with Crippen LogP contribution < -0.4 is 0 Å². The van der Waals surface area contributed by atoms with Crippen LogP contribution in [-0.4, -0.2) is 24.6 Å². The van der Waals surface area contributed by atoms with Crippen molar-refractivity contribution in [3.8, 4) is 0 Å². The average Bonchev–Trinajstić information content (AvgIpc) is 3.49. The maximum atomic E-state index is 8.06. The van der Waals surface area contributed by atoms with E-state index in [0.29, 0.717) is 0 Å². The molecule has 3 radical (unpaired) electrons. The lowest BCUT2D eigenvalue weighted by Crippen LogP contribution is -1.85. The van der Waals surface area contributed by atoms with E-state index in [1.54, 1.807) is 26.2 Å². The number of aromatic nitrogens is 1. The molecule has 0 fully saturated rings. The number of aliphatic hydroxyl groups excluding tert-OH is 1. The smallest absolute Gasteiger partial charge is 0.0483 e. The lowest BCUT2D eigenvalue weighted by Gasteiger charge is -1.92. The topological polar surface area (TPSA) is 33.1 Å². The molecule has 1 N–H and O–H groups in total. The van der Waals surface area contributed by atoms with Crippen molar-refractivity contribution in [2.45, 2.75) is 290 Å². The lowest BCUT2D eigenvalue weighted by molar-refractivity contribution is 0.216. The van der Waals surface area contributed by atoms with E-state index in [1.165, 1.54) is 28.3 Å². The molecule has 439 valence electrons. The van der Waals surface area contributed by atoms with Gasteiger partial charge in [-0.2, -0.15) is 0 Å². The van der Waals surface area contributed by atoms with Crippen LogP contribution in [-0.2, 0) is 0 Å². The minimum Gasteiger partial charge on any atom is -0.394 e. The van der Waals surface area contributed by atoms with Gasteiger partial charge in [-0.3, -0.25) is 4.98 Å². The third-order valence-corrected chi connectivity index (χ3v) is 4.11. The molecule has 0 aliphatic rings. The van der Waals surface area contributed by atoms with Crippen molar-refractivity contribution in [3.05, 3.63) is 151 Å². The summed E-state index contributed by atoms with van der Waals surface area (Å²) in [7, 11) is 0. The van der Waals surface area contributed by atoms with Crippen molar-refractivity contribution in [1.82, 2.24) is 4.98 Å². The van der Waals surface area contributed by atoms with E-state index in [9.17, 15) is 0 Å². The molecule has 1 aromatic heterocycles. The summed E-state index contributed by atoms with van der Waals surface area (Å²) in [6.45, 7) is 75.9. The van der Waals surface area contributed by atoms with Gasteiger partial charge in [-0.25, -0.2) is 0 Å². The van der Waals surface area contributed by atoms with Gasteiger partial charge < -0.3 is 5.11 Å². The number of benzene rings is 4. The second kappa shape index (κ2) is 224. The van der Waals surface area contributed by atoms with Crippen LogP contribution in [0.4, 0.5) is 0 Å². The molecule has 1 heterocycles. The van der Waals surface area contributed by atoms with Gasteiger partial charge in [0.05, 0.1) is 0 Å². The first-order chi connectivity index (χ1) is 33.9. The third kappa shape index (κ3) is 215. The molecule has 0 aliphatic carbocycles. The summed E-state index contributed by atoms with van der Waals surface area (Å²) in [6, 6.07) is 43.0. The Bertz CT molecular complexity index is 988. The maximum Gasteiger partial charge on any atom is 0.0483 e. The monoisotopic (exact) mass is 1020 g/mol. The van der Waals surface area contributed by atoms with Crippen LogP contribution in [0.1, 0.15) is 282 Å². The molecule has 0 aliphatic heterocycles. The molecule has 5 rings (SSSR count). The van der Waals surface area contributed by atoms with E-state index in [1.807, 2.05) is 276 Å². The summed E-state index contributed by atoms with van der Waals surface area (Å²) in [5, 5.41) is 10.7. The molecule has 5 aromatic rings. The number of nitrogens with zero attached hydrogens (tertiary/aromatic N) is 1. The zero-order valence-electron chi connectivity index (χ0n) is 56.0. The first-order valence-corrected chi connectivity index (χ1v) is 28.9. The Morgan fingerprint density at radius 1 is 0.306 bits per heavy atom. The first-order valence-electron chi connectivity index (χ1n) is 28.9. The van der Waals surface area contributed by atoms with Crippen LogP contribution in [0, 0.1) is 13.8 Å². The SMILES string of the molecule is C.C.CC.CC.CC.CC.CC.CC.CC.CC.CC.CC.CC.CC.CC.CC.CC.CC.CC(C)O.CCC.Cc1ccccc1.Cc1ccccc1.[B].c1ccc2ccccc2c1.c1ccncc1. The molecule has 0 amide bonds. The third-order valence-electron chi connectivity index (χ3n) is 4.11. The normalized spacial score (nSPS) is 5.83. The molecule has 0 spiro atoms. The Balaban J connectivity index is -0.0000000227. The number of aryl methyl sites for hydroxylation is 2. The number of hydrogen-bond donors (Lipinski definition) is 1. The molecule has 3 heteroatoms. The van der Waals surface area contributed by atoms with E-state index >= 15 is 0 Å². The van der Waals surface area contributed by atoms with Gasteiger partial charge >= 0.3 is 0 Å². The second-order valence-electron chi connectivity index (χ2n) is 8.48. The lowest BCUT2D eigenvalue weighted by atomic mass is 10.1. The molecule has 72 heavy (non-hydrogen) atoms. The summed E-state index contributed by atoms with van der Waals surface area (Å²) in [4.78, 5) is 3.78. The van der Waals surface area contributed by atoms with Crippen LogP contribution in [0.2, 0.25) is 0 Å². The number of hydrogen-bond acceptors (Lipinski definition) is 2. The van der Waals surface area contributed by atoms with Gasteiger partial charge in [0.15, 0.2) is 0 Å².